The van der Waals surface area contributed by atoms with E-state index in [1.807, 2.05) is 0 Å². The Morgan fingerprint density at radius 3 is 2.92 bits per heavy atom. The van der Waals surface area contributed by atoms with Crippen LogP contribution in [0.2, 0.25) is 0 Å². The number of likely N-dealkylation sites (tertiary alicyclic amines) is 1. The van der Waals surface area contributed by atoms with E-state index in [1.165, 1.54) is 4.31 Å². The standard InChI is InChI=1S/C15H19N3O5S/c1-17-7-15-8-18(6-10(22-15)4-13(15)24(17,20)21)14(19)11-5-12(23-16-11)9-2-3-9/h5,9-10,13H,2-4,6-8H2,1H3/t10-,13+,15-/m1/s1. The number of ether oxygens (including phenoxy) is 1. The number of sulfonamides is 1. The predicted octanol–water partition coefficient (Wildman–Crippen LogP) is 0.179. The Hall–Kier alpha value is -1.45. The molecule has 1 spiro atoms. The maximum atomic E-state index is 12.8. The summed E-state index contributed by atoms with van der Waals surface area (Å²) >= 11 is 0. The van der Waals surface area contributed by atoms with Crippen molar-refractivity contribution in [3.05, 3.63) is 17.5 Å². The average Bonchev–Trinajstić information content (AvgIpc) is 3.16. The summed E-state index contributed by atoms with van der Waals surface area (Å²) in [7, 11) is -1.77. The Morgan fingerprint density at radius 2 is 2.17 bits per heavy atom. The quantitative estimate of drug-likeness (QED) is 0.753. The summed E-state index contributed by atoms with van der Waals surface area (Å²) in [5, 5.41) is 3.36. The van der Waals surface area contributed by atoms with E-state index in [4.69, 9.17) is 9.26 Å². The fraction of sp³-hybridized carbons (Fsp3) is 0.733. The molecule has 3 aliphatic heterocycles. The maximum Gasteiger partial charge on any atom is 0.276 e. The zero-order valence-electron chi connectivity index (χ0n) is 13.3. The fourth-order valence-corrected chi connectivity index (χ4v) is 6.37. The van der Waals surface area contributed by atoms with Crippen molar-refractivity contribution in [3.63, 3.8) is 0 Å². The molecule has 1 amide bonds. The van der Waals surface area contributed by atoms with Gasteiger partial charge in [-0.25, -0.2) is 12.7 Å². The summed E-state index contributed by atoms with van der Waals surface area (Å²) in [6.07, 6.45) is 2.38. The van der Waals surface area contributed by atoms with Crippen LogP contribution in [0.25, 0.3) is 0 Å². The highest BCUT2D eigenvalue weighted by molar-refractivity contribution is 7.90. The maximum absolute atomic E-state index is 12.8. The van der Waals surface area contributed by atoms with E-state index < -0.39 is 20.9 Å². The highest BCUT2D eigenvalue weighted by atomic mass is 32.2. The van der Waals surface area contributed by atoms with Gasteiger partial charge < -0.3 is 14.2 Å². The molecule has 4 fully saturated rings. The molecule has 130 valence electrons. The van der Waals surface area contributed by atoms with Crippen LogP contribution in [-0.4, -0.2) is 72.3 Å². The van der Waals surface area contributed by atoms with Crippen molar-refractivity contribution in [1.29, 1.82) is 0 Å². The van der Waals surface area contributed by atoms with Gasteiger partial charge in [-0.15, -0.1) is 0 Å². The number of morpholine rings is 1. The van der Waals surface area contributed by atoms with Gasteiger partial charge in [-0.3, -0.25) is 4.79 Å². The minimum Gasteiger partial charge on any atom is -0.365 e. The Kier molecular flexibility index (Phi) is 2.84. The molecule has 4 aliphatic rings. The van der Waals surface area contributed by atoms with Crippen LogP contribution in [-0.2, 0) is 14.8 Å². The third-order valence-corrected chi connectivity index (χ3v) is 7.99. The van der Waals surface area contributed by atoms with Gasteiger partial charge in [0.05, 0.1) is 12.6 Å². The van der Waals surface area contributed by atoms with Gasteiger partial charge in [0.15, 0.2) is 5.69 Å². The van der Waals surface area contributed by atoms with Gasteiger partial charge in [0, 0.05) is 32.1 Å². The van der Waals surface area contributed by atoms with Crippen molar-refractivity contribution >= 4 is 15.9 Å². The van der Waals surface area contributed by atoms with Crippen molar-refractivity contribution in [2.75, 3.05) is 26.7 Å². The second kappa shape index (κ2) is 4.59. The number of hydrogen-bond donors (Lipinski definition) is 0. The van der Waals surface area contributed by atoms with Crippen LogP contribution >= 0.6 is 0 Å². The van der Waals surface area contributed by atoms with E-state index in [1.54, 1.807) is 18.0 Å². The van der Waals surface area contributed by atoms with Gasteiger partial charge in [-0.05, 0) is 19.3 Å². The molecule has 5 rings (SSSR count). The van der Waals surface area contributed by atoms with Crippen LogP contribution in [0.5, 0.6) is 0 Å². The van der Waals surface area contributed by atoms with Gasteiger partial charge in [0.25, 0.3) is 5.91 Å². The first-order valence-corrected chi connectivity index (χ1v) is 9.78. The lowest BCUT2D eigenvalue weighted by Crippen LogP contribution is -2.56. The minimum atomic E-state index is -3.34. The number of amides is 1. The molecular weight excluding hydrogens is 334 g/mol. The van der Waals surface area contributed by atoms with Crippen molar-refractivity contribution < 1.29 is 22.5 Å². The van der Waals surface area contributed by atoms with Crippen molar-refractivity contribution in [2.24, 2.45) is 0 Å². The van der Waals surface area contributed by atoms with Crippen LogP contribution < -0.4 is 0 Å². The van der Waals surface area contributed by atoms with Gasteiger partial charge in [-0.2, -0.15) is 0 Å². The van der Waals surface area contributed by atoms with Crippen molar-refractivity contribution in [2.45, 2.75) is 42.1 Å². The van der Waals surface area contributed by atoms with E-state index >= 15 is 0 Å². The first kappa shape index (κ1) is 14.9. The molecule has 1 aliphatic carbocycles. The molecule has 3 saturated heterocycles. The van der Waals surface area contributed by atoms with Gasteiger partial charge in [0.2, 0.25) is 10.0 Å². The molecular formula is C15H19N3O5S. The molecule has 4 heterocycles. The zero-order chi connectivity index (χ0) is 16.7. The third-order valence-electron chi connectivity index (χ3n) is 5.65. The van der Waals surface area contributed by atoms with E-state index in [9.17, 15) is 13.2 Å². The Morgan fingerprint density at radius 1 is 1.38 bits per heavy atom. The number of fused-ring (bicyclic) bond motifs is 1. The van der Waals surface area contributed by atoms with Crippen LogP contribution in [0.1, 0.15) is 41.4 Å². The summed E-state index contributed by atoms with van der Waals surface area (Å²) in [4.78, 5) is 14.5. The third kappa shape index (κ3) is 1.94. The Bertz CT molecular complexity index is 817. The van der Waals surface area contributed by atoms with Gasteiger partial charge in [0.1, 0.15) is 16.6 Å². The molecule has 3 atom stereocenters. The normalized spacial score (nSPS) is 37.6. The topological polar surface area (TPSA) is 93.0 Å². The van der Waals surface area contributed by atoms with E-state index in [-0.39, 0.29) is 18.6 Å². The molecule has 0 N–H and O–H groups in total. The number of aromatic nitrogens is 1. The number of carbonyl (C=O) groups is 1. The minimum absolute atomic E-state index is 0.203. The van der Waals surface area contributed by atoms with Crippen LogP contribution in [0, 0.1) is 0 Å². The number of rotatable bonds is 2. The molecule has 24 heavy (non-hydrogen) atoms. The highest BCUT2D eigenvalue weighted by Gasteiger charge is 2.64. The predicted molar refractivity (Wildman–Crippen MR) is 81.9 cm³/mol. The lowest BCUT2D eigenvalue weighted by molar-refractivity contribution is -0.0967. The summed E-state index contributed by atoms with van der Waals surface area (Å²) in [5.74, 6) is 0.969. The summed E-state index contributed by atoms with van der Waals surface area (Å²) in [5.41, 5.74) is -0.504. The smallest absolute Gasteiger partial charge is 0.276 e. The SMILES string of the molecule is CN1C[C@@]23CN(C(=O)c4cc(C5CC5)on4)C[C@@H](C[C@@H]2S1(=O)=O)O3. The van der Waals surface area contributed by atoms with Crippen LogP contribution in [0.4, 0.5) is 0 Å². The summed E-state index contributed by atoms with van der Waals surface area (Å²) in [6, 6.07) is 1.73. The Balaban J connectivity index is 1.42. The first-order chi connectivity index (χ1) is 11.4. The molecule has 1 aromatic heterocycles. The summed E-state index contributed by atoms with van der Waals surface area (Å²) < 4.78 is 37.6. The molecule has 2 bridgehead atoms. The molecule has 8 nitrogen and oxygen atoms in total. The summed E-state index contributed by atoms with van der Waals surface area (Å²) in [6.45, 7) is 0.983. The number of nitrogens with zero attached hydrogens (tertiary/aromatic N) is 3. The fourth-order valence-electron chi connectivity index (χ4n) is 4.33. The van der Waals surface area contributed by atoms with Crippen LogP contribution in [0.3, 0.4) is 0 Å². The average molecular weight is 353 g/mol. The van der Waals surface area contributed by atoms with E-state index in [0.717, 1.165) is 18.6 Å². The lowest BCUT2D eigenvalue weighted by Gasteiger charge is -2.39. The van der Waals surface area contributed by atoms with Gasteiger partial charge in [-0.1, -0.05) is 5.16 Å². The molecule has 0 unspecified atom stereocenters. The number of carbonyl (C=O) groups excluding carboxylic acids is 1. The molecule has 0 aromatic carbocycles. The number of likely N-dealkylation sites (N-methyl/N-ethyl adjacent to an activating group) is 1. The van der Waals surface area contributed by atoms with Crippen molar-refractivity contribution in [3.8, 4) is 0 Å². The van der Waals surface area contributed by atoms with E-state index in [2.05, 4.69) is 5.16 Å². The monoisotopic (exact) mass is 353 g/mol. The molecule has 1 saturated carbocycles. The second-order valence-electron chi connectivity index (χ2n) is 7.40. The molecule has 0 radical (unpaired) electrons. The Labute approximate surface area is 139 Å². The van der Waals surface area contributed by atoms with Crippen molar-refractivity contribution in [1.82, 2.24) is 14.4 Å². The first-order valence-electron chi connectivity index (χ1n) is 8.28. The largest absolute Gasteiger partial charge is 0.365 e. The van der Waals surface area contributed by atoms with E-state index in [0.29, 0.717) is 31.1 Å². The lowest BCUT2D eigenvalue weighted by atomic mass is 9.99. The highest BCUT2D eigenvalue weighted by Crippen LogP contribution is 2.46. The van der Waals surface area contributed by atoms with Gasteiger partial charge >= 0.3 is 0 Å². The molecule has 9 heteroatoms. The molecule has 1 aromatic rings. The second-order valence-corrected chi connectivity index (χ2v) is 9.63. The number of hydrogen-bond acceptors (Lipinski definition) is 6. The van der Waals surface area contributed by atoms with Crippen LogP contribution in [0.15, 0.2) is 10.6 Å². The zero-order valence-corrected chi connectivity index (χ0v) is 14.2.